The molecule has 0 aromatic heterocycles. The van der Waals surface area contributed by atoms with Crippen LogP contribution >= 0.6 is 11.6 Å². The van der Waals surface area contributed by atoms with E-state index in [1.54, 1.807) is 4.90 Å². The van der Waals surface area contributed by atoms with E-state index in [-0.39, 0.29) is 11.3 Å². The van der Waals surface area contributed by atoms with Gasteiger partial charge >= 0.3 is 0 Å². The van der Waals surface area contributed by atoms with Gasteiger partial charge < -0.3 is 4.90 Å². The Morgan fingerprint density at radius 2 is 2.08 bits per heavy atom. The molecule has 0 aromatic rings. The van der Waals surface area contributed by atoms with Crippen molar-refractivity contribution in [3.63, 3.8) is 0 Å². The molecule has 1 amide bonds. The number of carbonyl (C=O) groups is 1. The molecule has 0 unspecified atom stereocenters. The molecule has 0 aliphatic rings. The predicted octanol–water partition coefficient (Wildman–Crippen LogP) is 2.26. The maximum atomic E-state index is 11.4. The third kappa shape index (κ3) is 3.96. The second-order valence-electron chi connectivity index (χ2n) is 2.99. The molecule has 0 radical (unpaired) electrons. The largest absolute Gasteiger partial charge is 0.344 e. The lowest BCUT2D eigenvalue weighted by Gasteiger charge is -2.18. The molecular formula is C9H18ClNO. The molecule has 0 saturated carbocycles. The first-order valence-corrected chi connectivity index (χ1v) is 4.96. The maximum absolute atomic E-state index is 11.4. The molecule has 0 rings (SSSR count). The van der Waals surface area contributed by atoms with Crippen molar-refractivity contribution in [2.24, 2.45) is 0 Å². The van der Waals surface area contributed by atoms with Crippen LogP contribution in [-0.2, 0) is 4.79 Å². The van der Waals surface area contributed by atoms with Crippen LogP contribution in [0.3, 0.4) is 0 Å². The van der Waals surface area contributed by atoms with Crippen molar-refractivity contribution in [1.29, 1.82) is 0 Å². The fourth-order valence-corrected chi connectivity index (χ4v) is 1.09. The maximum Gasteiger partial charge on any atom is 0.240 e. The number of alkyl halides is 1. The van der Waals surface area contributed by atoms with Crippen LogP contribution in [0.5, 0.6) is 0 Å². The van der Waals surface area contributed by atoms with Gasteiger partial charge in [0.2, 0.25) is 5.91 Å². The van der Waals surface area contributed by atoms with Gasteiger partial charge in [0, 0.05) is 13.6 Å². The Labute approximate surface area is 79.9 Å². The summed E-state index contributed by atoms with van der Waals surface area (Å²) in [6.45, 7) is 4.85. The number of halogens is 1. The van der Waals surface area contributed by atoms with E-state index >= 15 is 0 Å². The first-order valence-electron chi connectivity index (χ1n) is 4.52. The zero-order valence-electron chi connectivity index (χ0n) is 8.14. The van der Waals surface area contributed by atoms with Gasteiger partial charge in [-0.2, -0.15) is 0 Å². The van der Waals surface area contributed by atoms with Gasteiger partial charge in [0.05, 0.1) is 0 Å². The van der Waals surface area contributed by atoms with Gasteiger partial charge in [0.15, 0.2) is 0 Å². The molecule has 0 saturated heterocycles. The van der Waals surface area contributed by atoms with E-state index in [1.165, 1.54) is 0 Å². The van der Waals surface area contributed by atoms with Crippen molar-refractivity contribution >= 4 is 17.5 Å². The minimum atomic E-state index is -0.341. The summed E-state index contributed by atoms with van der Waals surface area (Å²) in [5.74, 6) is 0.0487. The second-order valence-corrected chi connectivity index (χ2v) is 3.52. The number of hydrogen-bond acceptors (Lipinski definition) is 1. The average Bonchev–Trinajstić information content (AvgIpc) is 2.11. The first-order chi connectivity index (χ1) is 5.63. The summed E-state index contributed by atoms with van der Waals surface area (Å²) in [6.07, 6.45) is 2.86. The first kappa shape index (κ1) is 11.8. The number of rotatable bonds is 5. The molecule has 12 heavy (non-hydrogen) atoms. The standard InChI is InChI=1S/C9H18ClNO/c1-4-6-7-11(3)9(12)8(10)5-2/h8H,4-7H2,1-3H3/t8-/m1/s1. The lowest BCUT2D eigenvalue weighted by atomic mass is 10.2. The number of nitrogens with zero attached hydrogens (tertiary/aromatic N) is 1. The third-order valence-electron chi connectivity index (χ3n) is 1.85. The Morgan fingerprint density at radius 3 is 2.50 bits per heavy atom. The summed E-state index contributed by atoms with van der Waals surface area (Å²) in [5, 5.41) is -0.341. The van der Waals surface area contributed by atoms with Gasteiger partial charge in [-0.15, -0.1) is 11.6 Å². The van der Waals surface area contributed by atoms with E-state index < -0.39 is 0 Å². The van der Waals surface area contributed by atoms with Crippen LogP contribution in [0.15, 0.2) is 0 Å². The molecule has 0 aliphatic carbocycles. The Balaban J connectivity index is 3.75. The van der Waals surface area contributed by atoms with Gasteiger partial charge in [-0.1, -0.05) is 20.3 Å². The Morgan fingerprint density at radius 1 is 1.50 bits per heavy atom. The molecule has 2 nitrogen and oxygen atoms in total. The van der Waals surface area contributed by atoms with Gasteiger partial charge in [-0.05, 0) is 12.8 Å². The van der Waals surface area contributed by atoms with Crippen LogP contribution in [0.2, 0.25) is 0 Å². The van der Waals surface area contributed by atoms with Crippen LogP contribution in [-0.4, -0.2) is 29.8 Å². The number of unbranched alkanes of at least 4 members (excludes halogenated alkanes) is 1. The molecule has 0 N–H and O–H groups in total. The molecule has 0 fully saturated rings. The van der Waals surface area contributed by atoms with Gasteiger partial charge in [-0.25, -0.2) is 0 Å². The summed E-state index contributed by atoms with van der Waals surface area (Å²) >= 11 is 5.80. The van der Waals surface area contributed by atoms with Crippen molar-refractivity contribution in [1.82, 2.24) is 4.90 Å². The summed E-state index contributed by atoms with van der Waals surface area (Å²) < 4.78 is 0. The molecule has 0 aliphatic heterocycles. The number of carbonyl (C=O) groups excluding carboxylic acids is 1. The van der Waals surface area contributed by atoms with Crippen molar-refractivity contribution in [3.05, 3.63) is 0 Å². The molecule has 3 heteroatoms. The highest BCUT2D eigenvalue weighted by Gasteiger charge is 2.16. The van der Waals surface area contributed by atoms with Gasteiger partial charge in [0.1, 0.15) is 5.38 Å². The highest BCUT2D eigenvalue weighted by atomic mass is 35.5. The SMILES string of the molecule is CCCCN(C)C(=O)[C@H](Cl)CC. The third-order valence-corrected chi connectivity index (χ3v) is 2.34. The van der Waals surface area contributed by atoms with Crippen molar-refractivity contribution in [2.75, 3.05) is 13.6 Å². The lowest BCUT2D eigenvalue weighted by molar-refractivity contribution is -0.129. The van der Waals surface area contributed by atoms with E-state index in [9.17, 15) is 4.79 Å². The fourth-order valence-electron chi connectivity index (χ4n) is 0.919. The van der Waals surface area contributed by atoms with Gasteiger partial charge in [0.25, 0.3) is 0 Å². The molecule has 0 heterocycles. The van der Waals surface area contributed by atoms with Crippen LogP contribution in [0.1, 0.15) is 33.1 Å². The fraction of sp³-hybridized carbons (Fsp3) is 0.889. The van der Waals surface area contributed by atoms with E-state index in [0.717, 1.165) is 19.4 Å². The minimum absolute atomic E-state index is 0.0487. The Hall–Kier alpha value is -0.240. The highest BCUT2D eigenvalue weighted by molar-refractivity contribution is 6.30. The van der Waals surface area contributed by atoms with E-state index in [1.807, 2.05) is 14.0 Å². The Kier molecular flexibility index (Phi) is 6.17. The molecule has 1 atom stereocenters. The molecule has 72 valence electrons. The smallest absolute Gasteiger partial charge is 0.240 e. The van der Waals surface area contributed by atoms with Crippen LogP contribution < -0.4 is 0 Å². The zero-order valence-corrected chi connectivity index (χ0v) is 8.90. The van der Waals surface area contributed by atoms with Crippen molar-refractivity contribution < 1.29 is 4.79 Å². The highest BCUT2D eigenvalue weighted by Crippen LogP contribution is 2.05. The van der Waals surface area contributed by atoms with E-state index in [2.05, 4.69) is 6.92 Å². The predicted molar refractivity (Wildman–Crippen MR) is 52.5 cm³/mol. The van der Waals surface area contributed by atoms with Crippen molar-refractivity contribution in [3.8, 4) is 0 Å². The molecule has 0 aromatic carbocycles. The second kappa shape index (κ2) is 6.30. The topological polar surface area (TPSA) is 20.3 Å². The minimum Gasteiger partial charge on any atom is -0.344 e. The lowest BCUT2D eigenvalue weighted by Crippen LogP contribution is -2.33. The normalized spacial score (nSPS) is 12.7. The van der Waals surface area contributed by atoms with Crippen molar-refractivity contribution in [2.45, 2.75) is 38.5 Å². The van der Waals surface area contributed by atoms with E-state index in [0.29, 0.717) is 6.42 Å². The molecule has 0 spiro atoms. The summed E-state index contributed by atoms with van der Waals surface area (Å²) in [5.41, 5.74) is 0. The Bertz CT molecular complexity index is 138. The average molecular weight is 192 g/mol. The summed E-state index contributed by atoms with van der Waals surface area (Å²) in [7, 11) is 1.81. The molecule has 0 bridgehead atoms. The van der Waals surface area contributed by atoms with Gasteiger partial charge in [-0.3, -0.25) is 4.79 Å². The quantitative estimate of drug-likeness (QED) is 0.611. The molecular weight excluding hydrogens is 174 g/mol. The summed E-state index contributed by atoms with van der Waals surface area (Å²) in [6, 6.07) is 0. The summed E-state index contributed by atoms with van der Waals surface area (Å²) in [4.78, 5) is 13.1. The van der Waals surface area contributed by atoms with E-state index in [4.69, 9.17) is 11.6 Å². The number of amides is 1. The van der Waals surface area contributed by atoms with Crippen LogP contribution in [0.4, 0.5) is 0 Å². The zero-order chi connectivity index (χ0) is 9.56. The number of hydrogen-bond donors (Lipinski definition) is 0. The monoisotopic (exact) mass is 191 g/mol. The van der Waals surface area contributed by atoms with Crippen LogP contribution in [0.25, 0.3) is 0 Å². The van der Waals surface area contributed by atoms with Crippen LogP contribution in [0, 0.1) is 0 Å².